The van der Waals surface area contributed by atoms with Gasteiger partial charge >= 0.3 is 0 Å². The molecule has 2 nitrogen and oxygen atoms in total. The summed E-state index contributed by atoms with van der Waals surface area (Å²) in [4.78, 5) is 2.81. The lowest BCUT2D eigenvalue weighted by atomic mass is 9.92. The van der Waals surface area contributed by atoms with Crippen LogP contribution in [0.25, 0.3) is 0 Å². The van der Waals surface area contributed by atoms with Crippen molar-refractivity contribution < 1.29 is 0 Å². The molecule has 0 aliphatic carbocycles. The highest BCUT2D eigenvalue weighted by molar-refractivity contribution is 7.80. The summed E-state index contributed by atoms with van der Waals surface area (Å²) in [5.74, 6) is 0.789. The van der Waals surface area contributed by atoms with Gasteiger partial charge in [-0.15, -0.1) is 0 Å². The van der Waals surface area contributed by atoms with Crippen molar-refractivity contribution in [1.82, 2.24) is 0 Å². The summed E-state index contributed by atoms with van der Waals surface area (Å²) < 4.78 is 0. The van der Waals surface area contributed by atoms with Crippen molar-refractivity contribution in [2.45, 2.75) is 32.7 Å². The number of anilines is 1. The topological polar surface area (TPSA) is 29.3 Å². The molecule has 0 radical (unpaired) electrons. The van der Waals surface area contributed by atoms with Gasteiger partial charge in [0, 0.05) is 28.9 Å². The van der Waals surface area contributed by atoms with Crippen molar-refractivity contribution in [3.63, 3.8) is 0 Å². The van der Waals surface area contributed by atoms with E-state index in [2.05, 4.69) is 18.7 Å². The van der Waals surface area contributed by atoms with Gasteiger partial charge in [0.05, 0.1) is 0 Å². The van der Waals surface area contributed by atoms with Crippen molar-refractivity contribution in [2.24, 2.45) is 11.7 Å². The number of halogens is 1. The average molecular weight is 283 g/mol. The largest absolute Gasteiger partial charge is 0.389 e. The van der Waals surface area contributed by atoms with E-state index in [-0.39, 0.29) is 0 Å². The molecular formula is C14H19ClN2S. The van der Waals surface area contributed by atoms with Gasteiger partial charge in [-0.3, -0.25) is 0 Å². The summed E-state index contributed by atoms with van der Waals surface area (Å²) in [6, 6.07) is 6.32. The molecule has 1 aliphatic heterocycles. The maximum Gasteiger partial charge on any atom is 0.106 e. The number of thiocarbonyl (C=S) groups is 1. The molecule has 1 aromatic carbocycles. The Kier molecular flexibility index (Phi) is 4.13. The molecule has 2 atom stereocenters. The van der Waals surface area contributed by atoms with Crippen LogP contribution in [0.15, 0.2) is 18.2 Å². The molecule has 1 heterocycles. The van der Waals surface area contributed by atoms with Gasteiger partial charge in [-0.1, -0.05) is 30.7 Å². The number of hydrogen-bond donors (Lipinski definition) is 1. The highest BCUT2D eigenvalue weighted by Crippen LogP contribution is 2.31. The van der Waals surface area contributed by atoms with E-state index in [1.54, 1.807) is 0 Å². The van der Waals surface area contributed by atoms with Crippen molar-refractivity contribution in [3.8, 4) is 0 Å². The Hall–Kier alpha value is -0.800. The standard InChI is InChI=1S/C14H19ClN2S/c1-9-5-6-17(10(2)7-9)13-4-3-11(15)8-12(13)14(16)18/h3-4,8-10H,5-7H2,1-2H3,(H2,16,18). The molecule has 2 rings (SSSR count). The normalized spacial score (nSPS) is 24.1. The zero-order valence-electron chi connectivity index (χ0n) is 10.8. The lowest BCUT2D eigenvalue weighted by Gasteiger charge is -2.39. The fraction of sp³-hybridized carbons (Fsp3) is 0.500. The minimum absolute atomic E-state index is 0.415. The number of benzene rings is 1. The molecule has 4 heteroatoms. The Morgan fingerprint density at radius 3 is 2.78 bits per heavy atom. The molecule has 18 heavy (non-hydrogen) atoms. The number of nitrogens with two attached hydrogens (primary N) is 1. The van der Waals surface area contributed by atoms with Crippen molar-refractivity contribution in [3.05, 3.63) is 28.8 Å². The highest BCUT2D eigenvalue weighted by Gasteiger charge is 2.25. The molecule has 2 N–H and O–H groups in total. The molecule has 1 aromatic rings. The summed E-state index contributed by atoms with van der Waals surface area (Å²) in [6.07, 6.45) is 2.42. The lowest BCUT2D eigenvalue weighted by molar-refractivity contribution is 0.378. The summed E-state index contributed by atoms with van der Waals surface area (Å²) in [7, 11) is 0. The zero-order valence-corrected chi connectivity index (χ0v) is 12.4. The molecule has 0 spiro atoms. The second-order valence-corrected chi connectivity index (χ2v) is 6.07. The Balaban J connectivity index is 2.35. The number of rotatable bonds is 2. The van der Waals surface area contributed by atoms with Gasteiger partial charge < -0.3 is 10.6 Å². The predicted octanol–water partition coefficient (Wildman–Crippen LogP) is 3.60. The van der Waals surface area contributed by atoms with Crippen LogP contribution in [0.3, 0.4) is 0 Å². The molecule has 1 saturated heterocycles. The van der Waals surface area contributed by atoms with Gasteiger partial charge in [0.15, 0.2) is 0 Å². The van der Waals surface area contributed by atoms with Crippen LogP contribution < -0.4 is 10.6 Å². The molecule has 2 unspecified atom stereocenters. The fourth-order valence-corrected chi connectivity index (χ4v) is 3.06. The summed E-state index contributed by atoms with van der Waals surface area (Å²) in [6.45, 7) is 5.62. The first-order valence-corrected chi connectivity index (χ1v) is 7.13. The predicted molar refractivity (Wildman–Crippen MR) is 82.5 cm³/mol. The molecule has 98 valence electrons. The van der Waals surface area contributed by atoms with Crippen LogP contribution >= 0.6 is 23.8 Å². The second-order valence-electron chi connectivity index (χ2n) is 5.20. The van der Waals surface area contributed by atoms with Gasteiger partial charge in [-0.05, 0) is 43.9 Å². The van der Waals surface area contributed by atoms with E-state index in [0.717, 1.165) is 23.7 Å². The van der Waals surface area contributed by atoms with Crippen LogP contribution in [-0.4, -0.2) is 17.6 Å². The van der Waals surface area contributed by atoms with Crippen molar-refractivity contribution in [2.75, 3.05) is 11.4 Å². The Bertz CT molecular complexity index is 461. The van der Waals surface area contributed by atoms with Gasteiger partial charge in [0.1, 0.15) is 4.99 Å². The van der Waals surface area contributed by atoms with Crippen molar-refractivity contribution >= 4 is 34.5 Å². The molecular weight excluding hydrogens is 264 g/mol. The van der Waals surface area contributed by atoms with Crippen LogP contribution in [-0.2, 0) is 0 Å². The monoisotopic (exact) mass is 282 g/mol. The highest BCUT2D eigenvalue weighted by atomic mass is 35.5. The zero-order chi connectivity index (χ0) is 13.3. The van der Waals surface area contributed by atoms with Crippen LogP contribution in [0, 0.1) is 5.92 Å². The summed E-state index contributed by atoms with van der Waals surface area (Å²) in [5, 5.41) is 0.680. The van der Waals surface area contributed by atoms with E-state index in [1.807, 2.05) is 18.2 Å². The first-order valence-electron chi connectivity index (χ1n) is 6.35. The maximum absolute atomic E-state index is 6.03. The lowest BCUT2D eigenvalue weighted by Crippen LogP contribution is -2.41. The molecule has 1 aliphatic rings. The second kappa shape index (κ2) is 5.45. The van der Waals surface area contributed by atoms with Gasteiger partial charge in [-0.25, -0.2) is 0 Å². The third kappa shape index (κ3) is 2.78. The van der Waals surface area contributed by atoms with E-state index in [0.29, 0.717) is 16.1 Å². The van der Waals surface area contributed by atoms with Crippen LogP contribution in [0.1, 0.15) is 32.3 Å². The summed E-state index contributed by atoms with van der Waals surface area (Å²) >= 11 is 11.2. The fourth-order valence-electron chi connectivity index (χ4n) is 2.72. The quantitative estimate of drug-likeness (QED) is 0.841. The van der Waals surface area contributed by atoms with Crippen LogP contribution in [0.2, 0.25) is 5.02 Å². The molecule has 0 aromatic heterocycles. The van der Waals surface area contributed by atoms with E-state index >= 15 is 0 Å². The van der Waals surface area contributed by atoms with E-state index < -0.39 is 0 Å². The number of hydrogen-bond acceptors (Lipinski definition) is 2. The molecule has 0 amide bonds. The SMILES string of the molecule is CC1CCN(c2ccc(Cl)cc2C(N)=S)C(C)C1. The first kappa shape index (κ1) is 13.6. The summed E-state index contributed by atoms with van der Waals surface area (Å²) in [5.41, 5.74) is 7.81. The third-order valence-corrected chi connectivity index (χ3v) is 4.13. The van der Waals surface area contributed by atoms with E-state index in [4.69, 9.17) is 29.6 Å². The van der Waals surface area contributed by atoms with E-state index in [9.17, 15) is 0 Å². The minimum Gasteiger partial charge on any atom is -0.389 e. The Morgan fingerprint density at radius 1 is 1.44 bits per heavy atom. The minimum atomic E-state index is 0.415. The number of nitrogens with zero attached hydrogens (tertiary/aromatic N) is 1. The Morgan fingerprint density at radius 2 is 2.17 bits per heavy atom. The van der Waals surface area contributed by atoms with Crippen LogP contribution in [0.4, 0.5) is 5.69 Å². The average Bonchev–Trinajstić information content (AvgIpc) is 2.29. The molecule has 1 fully saturated rings. The van der Waals surface area contributed by atoms with E-state index in [1.165, 1.54) is 12.8 Å². The maximum atomic E-state index is 6.03. The van der Waals surface area contributed by atoms with Crippen molar-refractivity contribution in [1.29, 1.82) is 0 Å². The first-order chi connectivity index (χ1) is 8.49. The third-order valence-electron chi connectivity index (χ3n) is 3.67. The van der Waals surface area contributed by atoms with Gasteiger partial charge in [0.2, 0.25) is 0 Å². The smallest absolute Gasteiger partial charge is 0.106 e. The Labute approximate surface area is 119 Å². The van der Waals surface area contributed by atoms with Gasteiger partial charge in [0.25, 0.3) is 0 Å². The molecule has 0 bridgehead atoms. The number of piperidine rings is 1. The van der Waals surface area contributed by atoms with Crippen LogP contribution in [0.5, 0.6) is 0 Å². The van der Waals surface area contributed by atoms with Gasteiger partial charge in [-0.2, -0.15) is 0 Å². The molecule has 0 saturated carbocycles.